The van der Waals surface area contributed by atoms with E-state index in [9.17, 15) is 4.79 Å². The summed E-state index contributed by atoms with van der Waals surface area (Å²) in [4.78, 5) is 11.4. The number of nitrogens with one attached hydrogen (secondary N) is 1. The number of methoxy groups -OCH3 is 1. The third-order valence-corrected chi connectivity index (χ3v) is 4.50. The Morgan fingerprint density at radius 1 is 1.21 bits per heavy atom. The van der Waals surface area contributed by atoms with E-state index in [1.165, 1.54) is 36.8 Å². The average Bonchev–Trinajstić information content (AvgIpc) is 3.09. The van der Waals surface area contributed by atoms with Crippen LogP contribution in [0.25, 0.3) is 0 Å². The molecule has 102 valence electrons. The van der Waals surface area contributed by atoms with Gasteiger partial charge in [0.25, 0.3) is 0 Å². The van der Waals surface area contributed by atoms with Crippen molar-refractivity contribution in [2.24, 2.45) is 0 Å². The lowest BCUT2D eigenvalue weighted by Crippen LogP contribution is -2.13. The molecule has 1 amide bonds. The second kappa shape index (κ2) is 5.24. The van der Waals surface area contributed by atoms with E-state index in [4.69, 9.17) is 4.74 Å². The lowest BCUT2D eigenvalue weighted by atomic mass is 9.90. The molecule has 1 heterocycles. The van der Waals surface area contributed by atoms with E-state index in [1.807, 2.05) is 0 Å². The molecule has 0 radical (unpaired) electrons. The number of carbonyl (C=O) groups is 1. The number of benzene rings is 1. The summed E-state index contributed by atoms with van der Waals surface area (Å²) in [6, 6.07) is 6.47. The number of ether oxygens (including phenoxy) is 1. The van der Waals surface area contributed by atoms with Gasteiger partial charge in [0.2, 0.25) is 5.91 Å². The van der Waals surface area contributed by atoms with E-state index >= 15 is 0 Å². The Morgan fingerprint density at radius 3 is 2.63 bits per heavy atom. The maximum atomic E-state index is 11.4. The highest BCUT2D eigenvalue weighted by molar-refractivity contribution is 5.79. The SMILES string of the molecule is COc1ccc(C2CNC(=O)C2)cc1C1CCCC1. The molecule has 1 saturated carbocycles. The van der Waals surface area contributed by atoms with Crippen molar-refractivity contribution in [3.05, 3.63) is 29.3 Å². The number of amides is 1. The van der Waals surface area contributed by atoms with Crippen LogP contribution in [0.3, 0.4) is 0 Å². The van der Waals surface area contributed by atoms with Crippen molar-refractivity contribution in [3.63, 3.8) is 0 Å². The Balaban J connectivity index is 1.90. The molecule has 2 aliphatic rings. The second-order valence-corrected chi connectivity index (χ2v) is 5.69. The van der Waals surface area contributed by atoms with Gasteiger partial charge in [0.1, 0.15) is 5.75 Å². The summed E-state index contributed by atoms with van der Waals surface area (Å²) in [6.45, 7) is 0.773. The van der Waals surface area contributed by atoms with Crippen molar-refractivity contribution < 1.29 is 9.53 Å². The first kappa shape index (κ1) is 12.5. The van der Waals surface area contributed by atoms with Crippen LogP contribution in [-0.4, -0.2) is 19.6 Å². The molecule has 0 bridgehead atoms. The molecule has 2 fully saturated rings. The van der Waals surface area contributed by atoms with Gasteiger partial charge in [0.05, 0.1) is 7.11 Å². The molecule has 3 rings (SSSR count). The van der Waals surface area contributed by atoms with Crippen LogP contribution in [0.4, 0.5) is 0 Å². The van der Waals surface area contributed by atoms with Crippen LogP contribution in [-0.2, 0) is 4.79 Å². The Hall–Kier alpha value is -1.51. The monoisotopic (exact) mass is 259 g/mol. The molecule has 0 aromatic heterocycles. The van der Waals surface area contributed by atoms with E-state index < -0.39 is 0 Å². The summed E-state index contributed by atoms with van der Waals surface area (Å²) in [6.07, 6.45) is 5.79. The molecule has 1 aromatic rings. The smallest absolute Gasteiger partial charge is 0.220 e. The largest absolute Gasteiger partial charge is 0.496 e. The number of carbonyl (C=O) groups excluding carboxylic acids is 1. The second-order valence-electron chi connectivity index (χ2n) is 5.69. The van der Waals surface area contributed by atoms with E-state index in [1.54, 1.807) is 7.11 Å². The van der Waals surface area contributed by atoms with Gasteiger partial charge in [-0.05, 0) is 36.0 Å². The van der Waals surface area contributed by atoms with Gasteiger partial charge in [-0.2, -0.15) is 0 Å². The first-order valence-corrected chi connectivity index (χ1v) is 7.22. The molecule has 1 unspecified atom stereocenters. The highest BCUT2D eigenvalue weighted by atomic mass is 16.5. The maximum absolute atomic E-state index is 11.4. The average molecular weight is 259 g/mol. The van der Waals surface area contributed by atoms with Gasteiger partial charge in [-0.25, -0.2) is 0 Å². The minimum Gasteiger partial charge on any atom is -0.496 e. The van der Waals surface area contributed by atoms with Crippen LogP contribution in [0.5, 0.6) is 5.75 Å². The molecule has 19 heavy (non-hydrogen) atoms. The van der Waals surface area contributed by atoms with Gasteiger partial charge in [-0.3, -0.25) is 4.79 Å². The molecule has 1 saturated heterocycles. The van der Waals surface area contributed by atoms with E-state index in [2.05, 4.69) is 23.5 Å². The van der Waals surface area contributed by atoms with Crippen molar-refractivity contribution in [1.82, 2.24) is 5.32 Å². The van der Waals surface area contributed by atoms with Crippen molar-refractivity contribution in [2.45, 2.75) is 43.9 Å². The van der Waals surface area contributed by atoms with Crippen LogP contribution >= 0.6 is 0 Å². The fourth-order valence-corrected chi connectivity index (χ4v) is 3.40. The third-order valence-electron chi connectivity index (χ3n) is 4.50. The molecule has 1 aliphatic carbocycles. The van der Waals surface area contributed by atoms with Gasteiger partial charge in [-0.15, -0.1) is 0 Å². The zero-order chi connectivity index (χ0) is 13.2. The Bertz CT molecular complexity index is 478. The topological polar surface area (TPSA) is 38.3 Å². The predicted octanol–water partition coefficient (Wildman–Crippen LogP) is 2.96. The fourth-order valence-electron chi connectivity index (χ4n) is 3.40. The molecular weight excluding hydrogens is 238 g/mol. The summed E-state index contributed by atoms with van der Waals surface area (Å²) >= 11 is 0. The van der Waals surface area contributed by atoms with Crippen molar-refractivity contribution in [3.8, 4) is 5.75 Å². The molecular formula is C16H21NO2. The van der Waals surface area contributed by atoms with E-state index in [-0.39, 0.29) is 5.91 Å². The molecule has 3 heteroatoms. The zero-order valence-electron chi connectivity index (χ0n) is 11.4. The maximum Gasteiger partial charge on any atom is 0.220 e. The summed E-state index contributed by atoms with van der Waals surface area (Å²) in [5.74, 6) is 2.15. The standard InChI is InChI=1S/C16H21NO2/c1-19-15-7-6-12(13-9-16(18)17-10-13)8-14(15)11-4-2-3-5-11/h6-8,11,13H,2-5,9-10H2,1H3,(H,17,18). The van der Waals surface area contributed by atoms with Gasteiger partial charge in [0, 0.05) is 18.9 Å². The summed E-state index contributed by atoms with van der Waals surface area (Å²) in [5.41, 5.74) is 2.62. The minimum absolute atomic E-state index is 0.170. The van der Waals surface area contributed by atoms with Crippen LogP contribution in [0.1, 0.15) is 55.1 Å². The number of hydrogen-bond donors (Lipinski definition) is 1. The first-order valence-electron chi connectivity index (χ1n) is 7.22. The summed E-state index contributed by atoms with van der Waals surface area (Å²) in [7, 11) is 1.74. The molecule has 3 nitrogen and oxygen atoms in total. The van der Waals surface area contributed by atoms with Gasteiger partial charge >= 0.3 is 0 Å². The highest BCUT2D eigenvalue weighted by Gasteiger charge is 2.26. The Morgan fingerprint density at radius 2 is 2.00 bits per heavy atom. The van der Waals surface area contributed by atoms with Crippen molar-refractivity contribution >= 4 is 5.91 Å². The van der Waals surface area contributed by atoms with Gasteiger partial charge < -0.3 is 10.1 Å². The zero-order valence-corrected chi connectivity index (χ0v) is 11.4. The molecule has 1 atom stereocenters. The summed E-state index contributed by atoms with van der Waals surface area (Å²) < 4.78 is 5.51. The van der Waals surface area contributed by atoms with Gasteiger partial charge in [0.15, 0.2) is 0 Å². The molecule has 1 aliphatic heterocycles. The predicted molar refractivity (Wildman–Crippen MR) is 74.6 cm³/mol. The number of hydrogen-bond acceptors (Lipinski definition) is 2. The van der Waals surface area contributed by atoms with Crippen LogP contribution in [0.15, 0.2) is 18.2 Å². The summed E-state index contributed by atoms with van der Waals surface area (Å²) in [5, 5.41) is 2.92. The van der Waals surface area contributed by atoms with Crippen LogP contribution < -0.4 is 10.1 Å². The van der Waals surface area contributed by atoms with Gasteiger partial charge in [-0.1, -0.05) is 25.0 Å². The minimum atomic E-state index is 0.170. The normalized spacial score (nSPS) is 23.6. The highest BCUT2D eigenvalue weighted by Crippen LogP contribution is 2.40. The quantitative estimate of drug-likeness (QED) is 0.906. The third kappa shape index (κ3) is 2.46. The molecule has 1 aromatic carbocycles. The first-order chi connectivity index (χ1) is 9.28. The lowest BCUT2D eigenvalue weighted by Gasteiger charge is -2.17. The Kier molecular flexibility index (Phi) is 3.45. The van der Waals surface area contributed by atoms with E-state index in [0.29, 0.717) is 18.3 Å². The van der Waals surface area contributed by atoms with E-state index in [0.717, 1.165) is 12.3 Å². The van der Waals surface area contributed by atoms with Crippen LogP contribution in [0, 0.1) is 0 Å². The van der Waals surface area contributed by atoms with Crippen molar-refractivity contribution in [1.29, 1.82) is 0 Å². The van der Waals surface area contributed by atoms with Crippen molar-refractivity contribution in [2.75, 3.05) is 13.7 Å². The number of rotatable bonds is 3. The lowest BCUT2D eigenvalue weighted by molar-refractivity contribution is -0.119. The van der Waals surface area contributed by atoms with Crippen LogP contribution in [0.2, 0.25) is 0 Å². The molecule has 0 spiro atoms. The Labute approximate surface area is 114 Å². The fraction of sp³-hybridized carbons (Fsp3) is 0.562. The molecule has 1 N–H and O–H groups in total.